The fraction of sp³-hybridized carbons (Fsp3) is 0.100. The van der Waals surface area contributed by atoms with E-state index in [0.29, 0.717) is 0 Å². The van der Waals surface area contributed by atoms with Gasteiger partial charge in [0, 0.05) is 6.05 Å². The number of hydrogen-bond donors (Lipinski definition) is 1. The van der Waals surface area contributed by atoms with Crippen LogP contribution < -0.4 is 0 Å². The lowest BCUT2D eigenvalue weighted by Crippen LogP contribution is -2.03. The molecule has 0 spiro atoms. The first-order valence-electron chi connectivity index (χ1n) is 4.39. The number of carboxylic acid groups (broad SMARTS) is 1. The molecule has 2 nitrogen and oxygen atoms in total. The van der Waals surface area contributed by atoms with Crippen LogP contribution in [0.4, 0.5) is 13.2 Å². The second-order valence-corrected chi connectivity index (χ2v) is 2.71. The van der Waals surface area contributed by atoms with Crippen molar-refractivity contribution in [2.75, 3.05) is 0 Å². The molecule has 1 aromatic carbocycles. The van der Waals surface area contributed by atoms with Crippen molar-refractivity contribution in [1.82, 2.24) is 0 Å². The Bertz CT molecular complexity index is 421. The van der Waals surface area contributed by atoms with Crippen LogP contribution >= 0.6 is 0 Å². The molecular formula is C10H7F3O2. The summed E-state index contributed by atoms with van der Waals surface area (Å²) in [6.07, 6.45) is -3.44. The predicted octanol–water partition coefficient (Wildman–Crippen LogP) is 2.80. The molecule has 15 heavy (non-hydrogen) atoms. The Morgan fingerprint density at radius 3 is 2.27 bits per heavy atom. The maximum absolute atomic E-state index is 12.2. The van der Waals surface area contributed by atoms with E-state index >= 15 is 0 Å². The van der Waals surface area contributed by atoms with Crippen molar-refractivity contribution in [2.24, 2.45) is 0 Å². The van der Waals surface area contributed by atoms with Crippen molar-refractivity contribution >= 4 is 12.0 Å². The number of carboxylic acids is 1. The van der Waals surface area contributed by atoms with Crippen LogP contribution in [-0.4, -0.2) is 11.1 Å². The molecule has 0 saturated heterocycles. The third-order valence-electron chi connectivity index (χ3n) is 1.60. The van der Waals surface area contributed by atoms with Gasteiger partial charge in [0.2, 0.25) is 0 Å². The molecule has 0 aliphatic carbocycles. The average Bonchev–Trinajstić information content (AvgIpc) is 2.17. The minimum Gasteiger partial charge on any atom is -0.478 e. The van der Waals surface area contributed by atoms with Gasteiger partial charge in [-0.25, -0.2) is 4.79 Å². The van der Waals surface area contributed by atoms with Crippen molar-refractivity contribution in [3.8, 4) is 0 Å². The lowest BCUT2D eigenvalue weighted by Gasteiger charge is -2.05. The third-order valence-corrected chi connectivity index (χ3v) is 1.60. The van der Waals surface area contributed by atoms with Gasteiger partial charge in [-0.15, -0.1) is 0 Å². The molecule has 0 radical (unpaired) electrons. The van der Waals surface area contributed by atoms with Crippen LogP contribution in [0.15, 0.2) is 30.3 Å². The first-order valence-corrected chi connectivity index (χ1v) is 3.89. The highest BCUT2D eigenvalue weighted by molar-refractivity contribution is 5.85. The number of benzene rings is 1. The number of alkyl halides is 3. The normalized spacial score (nSPS) is 13.5. The van der Waals surface area contributed by atoms with E-state index in [0.717, 1.165) is 30.3 Å². The van der Waals surface area contributed by atoms with Crippen LogP contribution in [0.5, 0.6) is 0 Å². The number of halogens is 3. The smallest absolute Gasteiger partial charge is 0.416 e. The van der Waals surface area contributed by atoms with Gasteiger partial charge in [-0.2, -0.15) is 13.2 Å². The lowest BCUT2D eigenvalue weighted by molar-refractivity contribution is -0.137. The van der Waals surface area contributed by atoms with E-state index in [2.05, 4.69) is 0 Å². The van der Waals surface area contributed by atoms with Crippen LogP contribution in [0.2, 0.25) is 0 Å². The Hall–Kier alpha value is -1.78. The summed E-state index contributed by atoms with van der Waals surface area (Å²) in [5, 5.41) is 8.39. The summed E-state index contributed by atoms with van der Waals surface area (Å²) in [5.41, 5.74) is -0.577. The van der Waals surface area contributed by atoms with Crippen LogP contribution in [0.3, 0.4) is 0 Å². The first kappa shape index (κ1) is 9.76. The van der Waals surface area contributed by atoms with E-state index in [4.69, 9.17) is 6.48 Å². The Morgan fingerprint density at radius 1 is 1.33 bits per heavy atom. The second kappa shape index (κ2) is 4.16. The van der Waals surface area contributed by atoms with Crippen molar-refractivity contribution in [2.45, 2.75) is 6.18 Å². The van der Waals surface area contributed by atoms with Crippen LogP contribution in [0.25, 0.3) is 6.08 Å². The molecule has 0 aliphatic heterocycles. The molecule has 0 bridgehead atoms. The van der Waals surface area contributed by atoms with Crippen LogP contribution in [-0.2, 0) is 11.0 Å². The maximum Gasteiger partial charge on any atom is 0.416 e. The van der Waals surface area contributed by atoms with Crippen molar-refractivity contribution in [3.05, 3.63) is 41.4 Å². The molecule has 0 aromatic heterocycles. The highest BCUT2D eigenvalue weighted by Gasteiger charge is 2.29. The zero-order chi connectivity index (χ0) is 12.3. The fourth-order valence-corrected chi connectivity index (χ4v) is 0.913. The van der Waals surface area contributed by atoms with E-state index in [1.54, 1.807) is 0 Å². The van der Waals surface area contributed by atoms with Crippen LogP contribution in [0, 0.1) is 0 Å². The monoisotopic (exact) mass is 217 g/mol. The Kier molecular flexibility index (Phi) is 2.71. The number of rotatable bonds is 2. The van der Waals surface area contributed by atoms with Crippen LogP contribution in [0.1, 0.15) is 12.5 Å². The van der Waals surface area contributed by atoms with E-state index in [-0.39, 0.29) is 5.56 Å². The molecule has 5 heteroatoms. The standard InChI is InChI=1S/C10H7F3O2/c11-10(12,13)8-4-1-7(2-5-8)3-6-9(14)15/h1-6H,(H,14,15)/i6D. The summed E-state index contributed by atoms with van der Waals surface area (Å²) in [6, 6.07) is 3.21. The van der Waals surface area contributed by atoms with E-state index in [9.17, 15) is 18.0 Å². The Labute approximate surface area is 85.1 Å². The molecule has 1 aromatic rings. The highest BCUT2D eigenvalue weighted by atomic mass is 19.4. The number of aliphatic carboxylic acids is 1. The fourth-order valence-electron chi connectivity index (χ4n) is 0.913. The van der Waals surface area contributed by atoms with Crippen molar-refractivity contribution < 1.29 is 24.4 Å². The van der Waals surface area contributed by atoms with E-state index in [1.165, 1.54) is 0 Å². The molecule has 0 atom stereocenters. The molecule has 0 saturated carbocycles. The molecule has 0 fully saturated rings. The SMILES string of the molecule is [2H]C(=Cc1ccc(C(F)(F)F)cc1)C(=O)O. The minimum atomic E-state index is -4.42. The zero-order valence-electron chi connectivity index (χ0n) is 8.38. The minimum absolute atomic E-state index is 0.236. The van der Waals surface area contributed by atoms with Gasteiger partial charge < -0.3 is 5.11 Å². The molecule has 0 heterocycles. The molecule has 0 amide bonds. The summed E-state index contributed by atoms with van der Waals surface area (Å²) >= 11 is 0. The van der Waals surface area contributed by atoms with Gasteiger partial charge >= 0.3 is 12.1 Å². The van der Waals surface area contributed by atoms with E-state index in [1.807, 2.05) is 0 Å². The molecule has 80 valence electrons. The summed E-state index contributed by atoms with van der Waals surface area (Å²) < 4.78 is 43.5. The summed E-state index contributed by atoms with van der Waals surface area (Å²) in [4.78, 5) is 10.3. The van der Waals surface area contributed by atoms with Gasteiger partial charge in [0.15, 0.2) is 0 Å². The van der Waals surface area contributed by atoms with Gasteiger partial charge in [0.25, 0.3) is 0 Å². The molecule has 0 aliphatic rings. The van der Waals surface area contributed by atoms with Gasteiger partial charge in [0.1, 0.15) is 0 Å². The molecule has 1 N–H and O–H groups in total. The quantitative estimate of drug-likeness (QED) is 0.773. The molecule has 1 rings (SSSR count). The number of carbonyl (C=O) groups is 1. The topological polar surface area (TPSA) is 37.3 Å². The summed E-state index contributed by atoms with van der Waals surface area (Å²) in [7, 11) is 0. The third kappa shape index (κ3) is 3.46. The lowest BCUT2D eigenvalue weighted by atomic mass is 10.1. The largest absolute Gasteiger partial charge is 0.478 e. The first-order chi connectivity index (χ1) is 7.30. The summed E-state index contributed by atoms with van der Waals surface area (Å²) in [5.74, 6) is -1.43. The van der Waals surface area contributed by atoms with Crippen molar-refractivity contribution in [3.63, 3.8) is 0 Å². The predicted molar refractivity (Wildman–Crippen MR) is 48.1 cm³/mol. The van der Waals surface area contributed by atoms with Gasteiger partial charge in [-0.3, -0.25) is 0 Å². The zero-order valence-corrected chi connectivity index (χ0v) is 7.38. The Morgan fingerprint density at radius 2 is 1.87 bits per heavy atom. The second-order valence-electron chi connectivity index (χ2n) is 2.71. The number of hydrogen-bond acceptors (Lipinski definition) is 1. The van der Waals surface area contributed by atoms with E-state index < -0.39 is 23.8 Å². The maximum atomic E-state index is 12.2. The highest BCUT2D eigenvalue weighted by Crippen LogP contribution is 2.29. The average molecular weight is 217 g/mol. The molecule has 0 unspecified atom stereocenters. The Balaban J connectivity index is 2.97. The van der Waals surface area contributed by atoms with Gasteiger partial charge in [0.05, 0.1) is 6.93 Å². The summed E-state index contributed by atoms with van der Waals surface area (Å²) in [6.45, 7) is 0. The van der Waals surface area contributed by atoms with Crippen molar-refractivity contribution in [1.29, 1.82) is 0 Å². The van der Waals surface area contributed by atoms with Gasteiger partial charge in [-0.1, -0.05) is 12.1 Å². The van der Waals surface area contributed by atoms with Gasteiger partial charge in [-0.05, 0) is 23.8 Å². The molecular weight excluding hydrogens is 209 g/mol.